The van der Waals surface area contributed by atoms with Crippen molar-refractivity contribution >= 4 is 52.0 Å². The smallest absolute Gasteiger partial charge is 0.295 e. The first-order valence-corrected chi connectivity index (χ1v) is 8.63. The topological polar surface area (TPSA) is 92.6 Å². The third-order valence-electron chi connectivity index (χ3n) is 3.56. The molecule has 2 aromatic rings. The zero-order valence-corrected chi connectivity index (χ0v) is 14.8. The lowest BCUT2D eigenvalue weighted by atomic mass is 10.2. The molecule has 0 aliphatic carbocycles. The summed E-state index contributed by atoms with van der Waals surface area (Å²) in [7, 11) is 0. The van der Waals surface area contributed by atoms with E-state index in [1.54, 1.807) is 36.4 Å². The summed E-state index contributed by atoms with van der Waals surface area (Å²) in [6.45, 7) is -0.0916. The maximum Gasteiger partial charge on any atom is 0.295 e. The first-order chi connectivity index (χ1) is 12.5. The molecule has 0 atom stereocenters. The Labute approximate surface area is 157 Å². The molecule has 2 amide bonds. The van der Waals surface area contributed by atoms with Gasteiger partial charge in [-0.3, -0.25) is 24.6 Å². The van der Waals surface area contributed by atoms with Gasteiger partial charge in [-0.25, -0.2) is 0 Å². The van der Waals surface area contributed by atoms with Crippen molar-refractivity contribution < 1.29 is 14.5 Å². The average molecular weight is 390 g/mol. The van der Waals surface area contributed by atoms with Crippen LogP contribution in [-0.2, 0) is 4.79 Å². The van der Waals surface area contributed by atoms with Gasteiger partial charge in [-0.15, -0.1) is 0 Å². The molecule has 7 nitrogen and oxygen atoms in total. The molecule has 26 heavy (non-hydrogen) atoms. The number of thioether (sulfide) groups is 1. The molecule has 1 aliphatic rings. The van der Waals surface area contributed by atoms with Gasteiger partial charge in [-0.2, -0.15) is 0 Å². The number of hydrogen-bond acceptors (Lipinski definition) is 6. The van der Waals surface area contributed by atoms with E-state index in [0.29, 0.717) is 16.3 Å². The zero-order chi connectivity index (χ0) is 18.7. The van der Waals surface area contributed by atoms with Gasteiger partial charge in [0.15, 0.2) is 0 Å². The summed E-state index contributed by atoms with van der Waals surface area (Å²) in [5.41, 5.74) is 1.00. The molecule has 1 aliphatic heterocycles. The zero-order valence-electron chi connectivity index (χ0n) is 13.2. The highest BCUT2D eigenvalue weighted by molar-refractivity contribution is 8.18. The third-order valence-corrected chi connectivity index (χ3v) is 4.82. The summed E-state index contributed by atoms with van der Waals surface area (Å²) < 4.78 is 0. The first kappa shape index (κ1) is 18.0. The van der Waals surface area contributed by atoms with Crippen molar-refractivity contribution in [3.63, 3.8) is 0 Å². The number of nitrogens with one attached hydrogen (secondary N) is 1. The second-order valence-corrected chi connectivity index (χ2v) is 6.67. The van der Waals surface area contributed by atoms with Crippen LogP contribution in [-0.4, -0.2) is 27.6 Å². The third kappa shape index (κ3) is 3.87. The monoisotopic (exact) mass is 389 g/mol. The molecule has 3 rings (SSSR count). The molecule has 132 valence electrons. The van der Waals surface area contributed by atoms with E-state index in [9.17, 15) is 19.7 Å². The highest BCUT2D eigenvalue weighted by Gasteiger charge is 2.34. The number of nitro benzene ring substituents is 1. The van der Waals surface area contributed by atoms with E-state index in [0.717, 1.165) is 16.7 Å². The van der Waals surface area contributed by atoms with Crippen LogP contribution < -0.4 is 5.32 Å². The van der Waals surface area contributed by atoms with Gasteiger partial charge in [0.05, 0.1) is 16.5 Å². The minimum atomic E-state index is -0.516. The Bertz CT molecular complexity index is 932. The summed E-state index contributed by atoms with van der Waals surface area (Å²) >= 11 is 6.89. The summed E-state index contributed by atoms with van der Waals surface area (Å²) in [6.07, 6.45) is 1.57. The molecule has 0 aromatic heterocycles. The van der Waals surface area contributed by atoms with Crippen LogP contribution in [0.5, 0.6) is 0 Å². The number of benzene rings is 2. The van der Waals surface area contributed by atoms with Gasteiger partial charge in [0.25, 0.3) is 16.8 Å². The van der Waals surface area contributed by atoms with Crippen LogP contribution >= 0.6 is 23.4 Å². The predicted octanol–water partition coefficient (Wildman–Crippen LogP) is 4.35. The van der Waals surface area contributed by atoms with E-state index < -0.39 is 16.1 Å². The highest BCUT2D eigenvalue weighted by Crippen LogP contribution is 2.33. The standard InChI is InChI=1S/C17H12ClN3O4S/c18-14-7-2-1-4-11(14)8-15-16(22)20(17(23)26-15)10-19-12-5-3-6-13(9-12)21(24)25/h1-9,19H,10H2/b15-8+. The van der Waals surface area contributed by atoms with Gasteiger partial charge in [0.2, 0.25) is 0 Å². The van der Waals surface area contributed by atoms with E-state index in [2.05, 4.69) is 5.32 Å². The number of halogens is 1. The fourth-order valence-corrected chi connectivity index (χ4v) is 3.29. The van der Waals surface area contributed by atoms with Crippen molar-refractivity contribution in [3.05, 3.63) is 74.1 Å². The maximum atomic E-state index is 12.5. The SMILES string of the molecule is O=C1S/C(=C/c2ccccc2Cl)C(=O)N1CNc1cccc([N+](=O)[O-])c1. The lowest BCUT2D eigenvalue weighted by Gasteiger charge is -2.14. The van der Waals surface area contributed by atoms with Crippen LogP contribution in [0.2, 0.25) is 5.02 Å². The van der Waals surface area contributed by atoms with Crippen molar-refractivity contribution in [3.8, 4) is 0 Å². The summed E-state index contributed by atoms with van der Waals surface area (Å²) in [6, 6.07) is 12.8. The molecule has 0 unspecified atom stereocenters. The minimum Gasteiger partial charge on any atom is -0.367 e. The van der Waals surface area contributed by atoms with Gasteiger partial charge in [-0.05, 0) is 35.5 Å². The van der Waals surface area contributed by atoms with Crippen LogP contribution in [0.1, 0.15) is 5.56 Å². The van der Waals surface area contributed by atoms with E-state index in [1.807, 2.05) is 0 Å². The van der Waals surface area contributed by atoms with Gasteiger partial charge >= 0.3 is 0 Å². The number of imide groups is 1. The van der Waals surface area contributed by atoms with Gasteiger partial charge in [0, 0.05) is 22.8 Å². The van der Waals surface area contributed by atoms with E-state index in [4.69, 9.17) is 11.6 Å². The number of nitro groups is 1. The molecular weight excluding hydrogens is 378 g/mol. The molecule has 0 bridgehead atoms. The molecule has 0 saturated carbocycles. The second kappa shape index (κ2) is 7.59. The lowest BCUT2D eigenvalue weighted by Crippen LogP contribution is -2.33. The van der Waals surface area contributed by atoms with Crippen LogP contribution in [0.25, 0.3) is 6.08 Å². The van der Waals surface area contributed by atoms with Crippen LogP contribution in [0.3, 0.4) is 0 Å². The fourth-order valence-electron chi connectivity index (χ4n) is 2.27. The molecule has 2 aromatic carbocycles. The summed E-state index contributed by atoms with van der Waals surface area (Å²) in [5.74, 6) is -0.446. The molecule has 1 saturated heterocycles. The molecule has 1 N–H and O–H groups in total. The van der Waals surface area contributed by atoms with Crippen LogP contribution in [0.15, 0.2) is 53.4 Å². The number of hydrogen-bond donors (Lipinski definition) is 1. The van der Waals surface area contributed by atoms with Crippen LogP contribution in [0, 0.1) is 10.1 Å². The Balaban J connectivity index is 1.73. The van der Waals surface area contributed by atoms with Crippen molar-refractivity contribution in [1.29, 1.82) is 0 Å². The molecule has 0 spiro atoms. The minimum absolute atomic E-state index is 0.0808. The van der Waals surface area contributed by atoms with Gasteiger partial charge in [-0.1, -0.05) is 35.9 Å². The maximum absolute atomic E-state index is 12.5. The normalized spacial score (nSPS) is 15.6. The summed E-state index contributed by atoms with van der Waals surface area (Å²) in [4.78, 5) is 36.1. The number of nitrogens with zero attached hydrogens (tertiary/aromatic N) is 2. The largest absolute Gasteiger partial charge is 0.367 e. The quantitative estimate of drug-likeness (QED) is 0.464. The summed E-state index contributed by atoms with van der Waals surface area (Å²) in [5, 5.41) is 13.7. The number of anilines is 1. The number of carbonyl (C=O) groups is 2. The number of rotatable bonds is 5. The van der Waals surface area contributed by atoms with Crippen molar-refractivity contribution in [2.75, 3.05) is 12.0 Å². The van der Waals surface area contributed by atoms with Crippen molar-refractivity contribution in [2.45, 2.75) is 0 Å². The molecular formula is C17H12ClN3O4S. The second-order valence-electron chi connectivity index (χ2n) is 5.27. The van der Waals surface area contributed by atoms with Gasteiger partial charge in [0.1, 0.15) is 0 Å². The average Bonchev–Trinajstić information content (AvgIpc) is 2.89. The number of amides is 2. The Morgan fingerprint density at radius 2 is 1.96 bits per heavy atom. The lowest BCUT2D eigenvalue weighted by molar-refractivity contribution is -0.384. The Morgan fingerprint density at radius 1 is 1.19 bits per heavy atom. The first-order valence-electron chi connectivity index (χ1n) is 7.44. The number of non-ortho nitro benzene ring substituents is 1. The molecule has 0 radical (unpaired) electrons. The Morgan fingerprint density at radius 3 is 2.69 bits per heavy atom. The van der Waals surface area contributed by atoms with E-state index in [1.165, 1.54) is 18.2 Å². The molecule has 9 heteroatoms. The predicted molar refractivity (Wildman–Crippen MR) is 101 cm³/mol. The van der Waals surface area contributed by atoms with Gasteiger partial charge < -0.3 is 5.32 Å². The number of carbonyl (C=O) groups excluding carboxylic acids is 2. The molecule has 1 heterocycles. The van der Waals surface area contributed by atoms with Crippen molar-refractivity contribution in [1.82, 2.24) is 4.90 Å². The fraction of sp³-hybridized carbons (Fsp3) is 0.0588. The Hall–Kier alpha value is -2.84. The van der Waals surface area contributed by atoms with E-state index >= 15 is 0 Å². The Kier molecular flexibility index (Phi) is 5.24. The van der Waals surface area contributed by atoms with Crippen LogP contribution in [0.4, 0.5) is 16.2 Å². The molecule has 1 fully saturated rings. The highest BCUT2D eigenvalue weighted by atomic mass is 35.5. The van der Waals surface area contributed by atoms with Crippen molar-refractivity contribution in [2.24, 2.45) is 0 Å². The van der Waals surface area contributed by atoms with E-state index in [-0.39, 0.29) is 17.3 Å².